The summed E-state index contributed by atoms with van der Waals surface area (Å²) in [5.74, 6) is 0.731. The number of aryl methyl sites for hydroxylation is 1. The van der Waals surface area contributed by atoms with Crippen LogP contribution in [-0.2, 0) is 0 Å². The van der Waals surface area contributed by atoms with Crippen molar-refractivity contribution in [2.75, 3.05) is 12.4 Å². The minimum absolute atomic E-state index is 0.00569. The van der Waals surface area contributed by atoms with E-state index in [1.807, 2.05) is 25.1 Å². The van der Waals surface area contributed by atoms with E-state index in [1.54, 1.807) is 0 Å². The van der Waals surface area contributed by atoms with E-state index in [-0.39, 0.29) is 5.91 Å². The van der Waals surface area contributed by atoms with Crippen molar-refractivity contribution in [1.82, 2.24) is 5.32 Å². The third-order valence-electron chi connectivity index (χ3n) is 2.79. The van der Waals surface area contributed by atoms with Gasteiger partial charge in [0.2, 0.25) is 0 Å². The zero-order chi connectivity index (χ0) is 13.4. The lowest BCUT2D eigenvalue weighted by Gasteiger charge is -2.08. The van der Waals surface area contributed by atoms with Crippen LogP contribution in [0.4, 0.5) is 0 Å². The molecule has 0 bridgehead atoms. The van der Waals surface area contributed by atoms with Crippen LogP contribution in [-0.4, -0.2) is 18.3 Å². The number of alkyl halides is 1. The molecule has 0 atom stereocenters. The Hall–Kier alpha value is -0.540. The summed E-state index contributed by atoms with van der Waals surface area (Å²) in [4.78, 5) is 12.0. The van der Waals surface area contributed by atoms with E-state index in [4.69, 9.17) is 11.6 Å². The first-order chi connectivity index (χ1) is 8.65. The second-order valence-corrected chi connectivity index (χ2v) is 5.61. The first kappa shape index (κ1) is 15.5. The number of carbonyl (C=O) groups excluding carboxylic acids is 1. The summed E-state index contributed by atoms with van der Waals surface area (Å²) in [5, 5.41) is 2.95. The highest BCUT2D eigenvalue weighted by molar-refractivity contribution is 9.10. The van der Waals surface area contributed by atoms with E-state index in [0.717, 1.165) is 53.7 Å². The molecule has 0 saturated carbocycles. The maximum atomic E-state index is 12.0. The molecule has 1 aromatic rings. The Bertz CT molecular complexity index is 395. The van der Waals surface area contributed by atoms with Crippen molar-refractivity contribution in [2.24, 2.45) is 0 Å². The Balaban J connectivity index is 2.34. The molecule has 0 radical (unpaired) electrons. The number of carbonyl (C=O) groups is 1. The highest BCUT2D eigenvalue weighted by Crippen LogP contribution is 2.15. The van der Waals surface area contributed by atoms with Gasteiger partial charge in [0.05, 0.1) is 0 Å². The third kappa shape index (κ3) is 5.40. The lowest BCUT2D eigenvalue weighted by molar-refractivity contribution is 0.0952. The summed E-state index contributed by atoms with van der Waals surface area (Å²) in [6.07, 6.45) is 4.32. The van der Waals surface area contributed by atoms with Gasteiger partial charge >= 0.3 is 0 Å². The topological polar surface area (TPSA) is 29.1 Å². The van der Waals surface area contributed by atoms with Crippen LogP contribution in [0.1, 0.15) is 41.6 Å². The number of hydrogen-bond donors (Lipinski definition) is 1. The summed E-state index contributed by atoms with van der Waals surface area (Å²) in [7, 11) is 0. The summed E-state index contributed by atoms with van der Waals surface area (Å²) in [6.45, 7) is 2.68. The van der Waals surface area contributed by atoms with Gasteiger partial charge in [-0.05, 0) is 37.5 Å². The maximum absolute atomic E-state index is 12.0. The molecule has 1 N–H and O–H groups in total. The third-order valence-corrected chi connectivity index (χ3v) is 3.55. The fourth-order valence-electron chi connectivity index (χ4n) is 1.71. The maximum Gasteiger partial charge on any atom is 0.251 e. The molecular formula is C14H19BrClNO. The van der Waals surface area contributed by atoms with Gasteiger partial charge in [-0.1, -0.05) is 34.8 Å². The van der Waals surface area contributed by atoms with Gasteiger partial charge in [0.25, 0.3) is 5.91 Å². The van der Waals surface area contributed by atoms with Crippen LogP contribution in [0.5, 0.6) is 0 Å². The molecule has 0 spiro atoms. The Morgan fingerprint density at radius 1 is 1.28 bits per heavy atom. The van der Waals surface area contributed by atoms with Crippen LogP contribution >= 0.6 is 27.5 Å². The van der Waals surface area contributed by atoms with E-state index in [0.29, 0.717) is 0 Å². The monoisotopic (exact) mass is 331 g/mol. The second kappa shape index (κ2) is 8.54. The highest BCUT2D eigenvalue weighted by Gasteiger charge is 2.08. The highest BCUT2D eigenvalue weighted by atomic mass is 79.9. The summed E-state index contributed by atoms with van der Waals surface area (Å²) >= 11 is 8.99. The molecule has 4 heteroatoms. The van der Waals surface area contributed by atoms with Crippen LogP contribution in [0.3, 0.4) is 0 Å². The number of amides is 1. The minimum Gasteiger partial charge on any atom is -0.352 e. The molecule has 0 aliphatic carbocycles. The van der Waals surface area contributed by atoms with E-state index in [1.165, 1.54) is 0 Å². The molecule has 100 valence electrons. The van der Waals surface area contributed by atoms with Gasteiger partial charge in [-0.3, -0.25) is 4.79 Å². The van der Waals surface area contributed by atoms with Crippen molar-refractivity contribution in [1.29, 1.82) is 0 Å². The van der Waals surface area contributed by atoms with Crippen LogP contribution in [0, 0.1) is 6.92 Å². The molecule has 0 heterocycles. The van der Waals surface area contributed by atoms with Crippen molar-refractivity contribution >= 4 is 33.4 Å². The fraction of sp³-hybridized carbons (Fsp3) is 0.500. The Kier molecular flexibility index (Phi) is 7.36. The lowest BCUT2D eigenvalue weighted by atomic mass is 10.1. The average Bonchev–Trinajstić information content (AvgIpc) is 2.36. The van der Waals surface area contributed by atoms with Crippen molar-refractivity contribution in [3.8, 4) is 0 Å². The molecule has 1 rings (SSSR count). The molecule has 1 amide bonds. The van der Waals surface area contributed by atoms with Gasteiger partial charge in [0, 0.05) is 22.5 Å². The summed E-state index contributed by atoms with van der Waals surface area (Å²) in [6, 6.07) is 5.75. The Morgan fingerprint density at radius 2 is 2.00 bits per heavy atom. The SMILES string of the molecule is Cc1ccc(Br)cc1C(=O)NCCCCCCCl. The second-order valence-electron chi connectivity index (χ2n) is 4.32. The number of halogens is 2. The normalized spacial score (nSPS) is 10.4. The fourth-order valence-corrected chi connectivity index (χ4v) is 2.26. The number of nitrogens with one attached hydrogen (secondary N) is 1. The smallest absolute Gasteiger partial charge is 0.251 e. The van der Waals surface area contributed by atoms with Gasteiger partial charge in [0.15, 0.2) is 0 Å². The van der Waals surface area contributed by atoms with Crippen molar-refractivity contribution in [3.05, 3.63) is 33.8 Å². The number of benzene rings is 1. The van der Waals surface area contributed by atoms with Crippen LogP contribution in [0.15, 0.2) is 22.7 Å². The molecule has 0 unspecified atom stereocenters. The Labute approximate surface area is 122 Å². The van der Waals surface area contributed by atoms with Crippen LogP contribution in [0.25, 0.3) is 0 Å². The molecule has 1 aromatic carbocycles. The zero-order valence-corrected chi connectivity index (χ0v) is 13.0. The molecule has 0 fully saturated rings. The molecule has 2 nitrogen and oxygen atoms in total. The molecule has 0 aliphatic heterocycles. The number of hydrogen-bond acceptors (Lipinski definition) is 1. The first-order valence-corrected chi connectivity index (χ1v) is 7.58. The Morgan fingerprint density at radius 3 is 2.72 bits per heavy atom. The quantitative estimate of drug-likeness (QED) is 0.586. The van der Waals surface area contributed by atoms with Gasteiger partial charge in [-0.25, -0.2) is 0 Å². The zero-order valence-electron chi connectivity index (χ0n) is 10.6. The average molecular weight is 333 g/mol. The predicted octanol–water partition coefficient (Wildman–Crippen LogP) is 4.29. The summed E-state index contributed by atoms with van der Waals surface area (Å²) < 4.78 is 0.931. The number of unbranched alkanes of at least 4 members (excludes halogenated alkanes) is 3. The largest absolute Gasteiger partial charge is 0.352 e. The van der Waals surface area contributed by atoms with E-state index in [9.17, 15) is 4.79 Å². The molecule has 0 aliphatic rings. The van der Waals surface area contributed by atoms with Crippen molar-refractivity contribution in [3.63, 3.8) is 0 Å². The summed E-state index contributed by atoms with van der Waals surface area (Å²) in [5.41, 5.74) is 1.74. The molecule has 0 saturated heterocycles. The predicted molar refractivity (Wildman–Crippen MR) is 80.4 cm³/mol. The van der Waals surface area contributed by atoms with Crippen molar-refractivity contribution < 1.29 is 4.79 Å². The van der Waals surface area contributed by atoms with E-state index >= 15 is 0 Å². The minimum atomic E-state index is 0.00569. The van der Waals surface area contributed by atoms with E-state index < -0.39 is 0 Å². The van der Waals surface area contributed by atoms with Gasteiger partial charge in [-0.2, -0.15) is 0 Å². The van der Waals surface area contributed by atoms with Gasteiger partial charge in [0.1, 0.15) is 0 Å². The first-order valence-electron chi connectivity index (χ1n) is 6.25. The van der Waals surface area contributed by atoms with Crippen molar-refractivity contribution in [2.45, 2.75) is 32.6 Å². The van der Waals surface area contributed by atoms with E-state index in [2.05, 4.69) is 21.2 Å². The van der Waals surface area contributed by atoms with Gasteiger partial charge < -0.3 is 5.32 Å². The standard InChI is InChI=1S/C14H19BrClNO/c1-11-6-7-12(15)10-13(11)14(18)17-9-5-3-2-4-8-16/h6-7,10H,2-5,8-9H2,1H3,(H,17,18). The molecule has 0 aromatic heterocycles. The van der Waals surface area contributed by atoms with Crippen LogP contribution < -0.4 is 5.32 Å². The van der Waals surface area contributed by atoms with Crippen LogP contribution in [0.2, 0.25) is 0 Å². The number of rotatable bonds is 7. The molecule has 18 heavy (non-hydrogen) atoms. The van der Waals surface area contributed by atoms with Gasteiger partial charge in [-0.15, -0.1) is 11.6 Å². The lowest BCUT2D eigenvalue weighted by Crippen LogP contribution is -2.25. The molecular weight excluding hydrogens is 314 g/mol.